The van der Waals surface area contributed by atoms with Crippen LogP contribution in [0, 0.1) is 5.41 Å². The third-order valence-electron chi connectivity index (χ3n) is 11.4. The van der Waals surface area contributed by atoms with Crippen LogP contribution in [-0.2, 0) is 33.8 Å². The van der Waals surface area contributed by atoms with Crippen LogP contribution in [0.3, 0.4) is 0 Å². The number of benzene rings is 1. The minimum Gasteiger partial charge on any atom is -0.455 e. The first-order chi connectivity index (χ1) is 22.8. The number of ether oxygens (including phenoxy) is 4. The molecule has 6 rings (SSSR count). The standard InChI is InChI=1S/C36H50F5NO6SSi/c1-22(43)46-33-31-27(26(21-35(33,5)6)48-50(7,8)34(2,3)4)29-28(30(42-31)23-13-17-44-18-14-23)32(47-36(29)15-19-45-20-16-36)24-9-11-25(12-10-24)49(37,38,39,40)41/h9-12,23,26,32-33H,13-21H2,1-8H3/t26-,32-,33-/m0/s1. The van der Waals surface area contributed by atoms with Crippen molar-refractivity contribution in [2.45, 2.75) is 127 Å². The molecule has 1 aliphatic carbocycles. The van der Waals surface area contributed by atoms with Crippen LogP contribution >= 0.6 is 10.2 Å². The fourth-order valence-corrected chi connectivity index (χ4v) is 9.75. The number of hydrogen-bond acceptors (Lipinski definition) is 7. The minimum absolute atomic E-state index is 0.0874. The summed E-state index contributed by atoms with van der Waals surface area (Å²) >= 11 is 0. The highest BCUT2D eigenvalue weighted by molar-refractivity contribution is 8.45. The van der Waals surface area contributed by atoms with E-state index in [1.807, 2.05) is 0 Å². The average molecular weight is 748 g/mol. The molecule has 50 heavy (non-hydrogen) atoms. The molecule has 2 saturated heterocycles. The second kappa shape index (κ2) is 11.7. The maximum absolute atomic E-state index is 13.8. The first-order valence-corrected chi connectivity index (χ1v) is 22.3. The normalized spacial score (nSPS) is 26.9. The number of halogens is 5. The van der Waals surface area contributed by atoms with Crippen LogP contribution in [-0.4, -0.2) is 45.7 Å². The van der Waals surface area contributed by atoms with Gasteiger partial charge in [-0.25, -0.2) is 0 Å². The van der Waals surface area contributed by atoms with Gasteiger partial charge in [0.2, 0.25) is 0 Å². The number of fused-ring (bicyclic) bond motifs is 4. The molecule has 0 N–H and O–H groups in total. The molecular weight excluding hydrogens is 698 g/mol. The lowest BCUT2D eigenvalue weighted by molar-refractivity contribution is -0.156. The van der Waals surface area contributed by atoms with Gasteiger partial charge in [0.1, 0.15) is 17.1 Å². The zero-order chi connectivity index (χ0) is 36.8. The number of esters is 1. The van der Waals surface area contributed by atoms with E-state index >= 15 is 0 Å². The summed E-state index contributed by atoms with van der Waals surface area (Å²) in [5.74, 6) is -0.526. The van der Waals surface area contributed by atoms with Crippen LogP contribution in [0.4, 0.5) is 19.4 Å². The lowest BCUT2D eigenvalue weighted by Crippen LogP contribution is -2.46. The minimum atomic E-state index is -9.91. The summed E-state index contributed by atoms with van der Waals surface area (Å²) in [7, 11) is -12.3. The summed E-state index contributed by atoms with van der Waals surface area (Å²) in [6.07, 6.45) is 0.690. The topological polar surface area (TPSA) is 76.1 Å². The van der Waals surface area contributed by atoms with Gasteiger partial charge < -0.3 is 23.4 Å². The summed E-state index contributed by atoms with van der Waals surface area (Å²) < 4.78 is 101. The van der Waals surface area contributed by atoms with Crippen molar-refractivity contribution in [3.8, 4) is 0 Å². The predicted molar refractivity (Wildman–Crippen MR) is 183 cm³/mol. The van der Waals surface area contributed by atoms with Crippen molar-refractivity contribution in [3.05, 3.63) is 57.9 Å². The van der Waals surface area contributed by atoms with Crippen molar-refractivity contribution in [2.24, 2.45) is 5.41 Å². The summed E-state index contributed by atoms with van der Waals surface area (Å²) in [4.78, 5) is 16.1. The molecule has 0 amide bonds. The summed E-state index contributed by atoms with van der Waals surface area (Å²) in [6.45, 7) is 18.1. The Bertz CT molecular complexity index is 1650. The van der Waals surface area contributed by atoms with Crippen LogP contribution in [0.5, 0.6) is 0 Å². The second-order valence-electron chi connectivity index (χ2n) is 16.7. The zero-order valence-electron chi connectivity index (χ0n) is 30.2. The molecule has 1 aromatic carbocycles. The maximum atomic E-state index is 13.8. The first kappa shape index (κ1) is 37.6. The zero-order valence-corrected chi connectivity index (χ0v) is 32.0. The van der Waals surface area contributed by atoms with E-state index < -0.39 is 58.7 Å². The summed E-state index contributed by atoms with van der Waals surface area (Å²) in [5, 5.41) is -0.136. The third-order valence-corrected chi connectivity index (χ3v) is 17.1. The predicted octanol–water partition coefficient (Wildman–Crippen LogP) is 10.9. The average Bonchev–Trinajstić information content (AvgIpc) is 3.31. The van der Waals surface area contributed by atoms with Crippen LogP contribution in [0.1, 0.15) is 132 Å². The highest BCUT2D eigenvalue weighted by Gasteiger charge is 2.65. The smallest absolute Gasteiger partial charge is 0.310 e. The summed E-state index contributed by atoms with van der Waals surface area (Å²) in [5.41, 5.74) is 2.57. The Morgan fingerprint density at radius 2 is 1.50 bits per heavy atom. The van der Waals surface area contributed by atoms with E-state index in [1.54, 1.807) is 0 Å². The van der Waals surface area contributed by atoms with Crippen LogP contribution in [0.2, 0.25) is 18.1 Å². The van der Waals surface area contributed by atoms with E-state index in [9.17, 15) is 24.2 Å². The molecule has 2 aromatic rings. The first-order valence-electron chi connectivity index (χ1n) is 17.4. The van der Waals surface area contributed by atoms with E-state index in [1.165, 1.54) is 6.92 Å². The Morgan fingerprint density at radius 1 is 0.920 bits per heavy atom. The molecule has 14 heteroatoms. The summed E-state index contributed by atoms with van der Waals surface area (Å²) in [6, 6.07) is 3.11. The Balaban J connectivity index is 1.67. The Morgan fingerprint density at radius 3 is 2.04 bits per heavy atom. The number of hydrogen-bond donors (Lipinski definition) is 0. The van der Waals surface area contributed by atoms with E-state index in [0.29, 0.717) is 87.6 Å². The monoisotopic (exact) mass is 747 g/mol. The van der Waals surface area contributed by atoms with E-state index in [0.717, 1.165) is 28.8 Å². The van der Waals surface area contributed by atoms with Gasteiger partial charge in [0.15, 0.2) is 8.32 Å². The molecule has 0 bridgehead atoms. The molecular formula is C36H50F5NO6SSi. The van der Waals surface area contributed by atoms with Crippen molar-refractivity contribution < 1.29 is 47.6 Å². The van der Waals surface area contributed by atoms with Gasteiger partial charge in [0.25, 0.3) is 0 Å². The van der Waals surface area contributed by atoms with E-state index in [4.69, 9.17) is 28.4 Å². The van der Waals surface area contributed by atoms with Gasteiger partial charge in [-0.15, -0.1) is 0 Å². The van der Waals surface area contributed by atoms with E-state index in [-0.39, 0.29) is 11.0 Å². The number of rotatable bonds is 6. The molecule has 2 fully saturated rings. The van der Waals surface area contributed by atoms with Gasteiger partial charge in [0, 0.05) is 68.7 Å². The quantitative estimate of drug-likeness (QED) is 0.165. The fraction of sp³-hybridized carbons (Fsp3) is 0.667. The molecule has 0 saturated carbocycles. The second-order valence-corrected chi connectivity index (χ2v) is 23.8. The SMILES string of the molecule is CC(=O)O[C@H]1c2nc(C3CCOCC3)c3c(c2[C@@H](O[Si](C)(C)C(C)(C)C)CC1(C)C)C1(CCOCC1)O[C@H]3c1ccc(S(F)(F)(F)(F)F)cc1. The van der Waals surface area contributed by atoms with Crippen molar-refractivity contribution in [1.82, 2.24) is 4.98 Å². The van der Waals surface area contributed by atoms with Gasteiger partial charge >= 0.3 is 16.2 Å². The highest BCUT2D eigenvalue weighted by Crippen LogP contribution is 3.02. The maximum Gasteiger partial charge on any atom is 0.310 e. The lowest BCUT2D eigenvalue weighted by atomic mass is 9.68. The molecule has 1 aromatic heterocycles. The van der Waals surface area contributed by atoms with Crippen molar-refractivity contribution in [2.75, 3.05) is 26.4 Å². The van der Waals surface area contributed by atoms with Crippen LogP contribution < -0.4 is 0 Å². The number of carbonyl (C=O) groups excluding carboxylic acids is 1. The highest BCUT2D eigenvalue weighted by atomic mass is 32.5. The molecule has 280 valence electrons. The van der Waals surface area contributed by atoms with Crippen molar-refractivity contribution in [1.29, 1.82) is 0 Å². The van der Waals surface area contributed by atoms with Gasteiger partial charge in [-0.3, -0.25) is 9.78 Å². The largest absolute Gasteiger partial charge is 0.455 e. The Hall–Kier alpha value is -2.10. The number of nitrogens with zero attached hydrogens (tertiary/aromatic N) is 1. The van der Waals surface area contributed by atoms with Crippen LogP contribution in [0.15, 0.2) is 29.2 Å². The Labute approximate surface area is 292 Å². The fourth-order valence-electron chi connectivity index (χ4n) is 7.83. The number of pyridine rings is 1. The lowest BCUT2D eigenvalue weighted by Gasteiger charge is -2.48. The van der Waals surface area contributed by atoms with Gasteiger partial charge in [-0.05, 0) is 60.7 Å². The van der Waals surface area contributed by atoms with E-state index in [2.05, 4.69) is 47.7 Å². The van der Waals surface area contributed by atoms with Gasteiger partial charge in [-0.2, -0.15) is 0 Å². The van der Waals surface area contributed by atoms with Crippen LogP contribution in [0.25, 0.3) is 0 Å². The Kier molecular flexibility index (Phi) is 8.81. The van der Waals surface area contributed by atoms with Gasteiger partial charge in [0.05, 0.1) is 23.1 Å². The van der Waals surface area contributed by atoms with Crippen molar-refractivity contribution >= 4 is 24.5 Å². The molecule has 1 spiro atoms. The third kappa shape index (κ3) is 6.89. The van der Waals surface area contributed by atoms with Crippen molar-refractivity contribution in [3.63, 3.8) is 0 Å². The van der Waals surface area contributed by atoms with Gasteiger partial charge in [-0.1, -0.05) is 66.2 Å². The molecule has 7 nitrogen and oxygen atoms in total. The number of aromatic nitrogens is 1. The molecule has 4 aliphatic rings. The molecule has 0 unspecified atom stereocenters. The molecule has 3 aliphatic heterocycles. The molecule has 3 atom stereocenters. The molecule has 0 radical (unpaired) electrons. The number of carbonyl (C=O) groups is 1. The molecule has 4 heterocycles.